The van der Waals surface area contributed by atoms with Gasteiger partial charge in [0.05, 0.1) is 17.1 Å². The van der Waals surface area contributed by atoms with Crippen molar-refractivity contribution in [2.75, 3.05) is 7.11 Å². The molecule has 0 radical (unpaired) electrons. The highest BCUT2D eigenvalue weighted by Crippen LogP contribution is 2.13. The number of hydrogen-bond donors (Lipinski definition) is 0. The van der Waals surface area contributed by atoms with Gasteiger partial charge in [-0.15, -0.1) is 0 Å². The summed E-state index contributed by atoms with van der Waals surface area (Å²) in [7, 11) is 1.60. The lowest BCUT2D eigenvalue weighted by Gasteiger charge is -2.22. The lowest BCUT2D eigenvalue weighted by Crippen LogP contribution is -2.29. The molecule has 0 bridgehead atoms. The third-order valence-corrected chi connectivity index (χ3v) is 1.93. The standard InChI is InChI=1S/C8H13N3O3/c1-8(2,14-3)6-10-5-7(4-9-10)11(12)13/h4-5H,6H2,1-3H3. The maximum atomic E-state index is 10.4. The predicted octanol–water partition coefficient (Wildman–Crippen LogP) is 1.22. The van der Waals surface area contributed by atoms with Crippen molar-refractivity contribution in [1.82, 2.24) is 9.78 Å². The fourth-order valence-electron chi connectivity index (χ4n) is 0.988. The molecule has 6 heteroatoms. The van der Waals surface area contributed by atoms with E-state index in [-0.39, 0.29) is 11.3 Å². The minimum Gasteiger partial charge on any atom is -0.377 e. The summed E-state index contributed by atoms with van der Waals surface area (Å²) < 4.78 is 6.68. The van der Waals surface area contributed by atoms with Crippen molar-refractivity contribution in [3.05, 3.63) is 22.5 Å². The lowest BCUT2D eigenvalue weighted by atomic mass is 10.1. The summed E-state index contributed by atoms with van der Waals surface area (Å²) in [6.45, 7) is 4.26. The van der Waals surface area contributed by atoms with Crippen molar-refractivity contribution < 1.29 is 9.66 Å². The van der Waals surface area contributed by atoms with Crippen molar-refractivity contribution in [2.24, 2.45) is 0 Å². The van der Waals surface area contributed by atoms with Gasteiger partial charge in [-0.2, -0.15) is 5.10 Å². The molecule has 78 valence electrons. The van der Waals surface area contributed by atoms with Gasteiger partial charge in [-0.05, 0) is 13.8 Å². The average molecular weight is 199 g/mol. The molecule has 0 amide bonds. The predicted molar refractivity (Wildman–Crippen MR) is 50.0 cm³/mol. The van der Waals surface area contributed by atoms with E-state index in [1.165, 1.54) is 17.1 Å². The molecule has 0 saturated heterocycles. The van der Waals surface area contributed by atoms with E-state index in [4.69, 9.17) is 4.74 Å². The number of ether oxygens (including phenoxy) is 1. The van der Waals surface area contributed by atoms with Crippen LogP contribution in [0.15, 0.2) is 12.4 Å². The van der Waals surface area contributed by atoms with Crippen molar-refractivity contribution in [2.45, 2.75) is 26.0 Å². The zero-order valence-corrected chi connectivity index (χ0v) is 8.43. The second-order valence-corrected chi connectivity index (χ2v) is 3.62. The Kier molecular flexibility index (Phi) is 2.85. The molecule has 0 saturated carbocycles. The SMILES string of the molecule is COC(C)(C)Cn1cc([N+](=O)[O-])cn1. The molecule has 1 heterocycles. The van der Waals surface area contributed by atoms with Crippen LogP contribution in [0.4, 0.5) is 5.69 Å². The van der Waals surface area contributed by atoms with E-state index in [0.29, 0.717) is 6.54 Å². The van der Waals surface area contributed by atoms with Gasteiger partial charge < -0.3 is 4.74 Å². The minimum atomic E-state index is -0.469. The van der Waals surface area contributed by atoms with Gasteiger partial charge >= 0.3 is 5.69 Å². The van der Waals surface area contributed by atoms with Gasteiger partial charge in [0, 0.05) is 7.11 Å². The Balaban J connectivity index is 2.73. The zero-order valence-electron chi connectivity index (χ0n) is 8.43. The highest BCUT2D eigenvalue weighted by atomic mass is 16.6. The van der Waals surface area contributed by atoms with Gasteiger partial charge in [-0.25, -0.2) is 0 Å². The van der Waals surface area contributed by atoms with Crippen LogP contribution >= 0.6 is 0 Å². The first-order valence-electron chi connectivity index (χ1n) is 4.16. The molecule has 1 rings (SSSR count). The summed E-state index contributed by atoms with van der Waals surface area (Å²) in [6.07, 6.45) is 2.62. The summed E-state index contributed by atoms with van der Waals surface area (Å²) in [4.78, 5) is 9.90. The zero-order chi connectivity index (χ0) is 10.8. The van der Waals surface area contributed by atoms with Crippen LogP contribution < -0.4 is 0 Å². The van der Waals surface area contributed by atoms with Crippen LogP contribution in [0.2, 0.25) is 0 Å². The second-order valence-electron chi connectivity index (χ2n) is 3.62. The van der Waals surface area contributed by atoms with Crippen molar-refractivity contribution in [3.8, 4) is 0 Å². The molecule has 0 aliphatic heterocycles. The van der Waals surface area contributed by atoms with Crippen molar-refractivity contribution >= 4 is 5.69 Å². The summed E-state index contributed by atoms with van der Waals surface area (Å²) in [6, 6.07) is 0. The van der Waals surface area contributed by atoms with E-state index >= 15 is 0 Å². The first kappa shape index (κ1) is 10.6. The van der Waals surface area contributed by atoms with E-state index in [1.54, 1.807) is 7.11 Å². The van der Waals surface area contributed by atoms with Gasteiger partial charge in [0.25, 0.3) is 0 Å². The topological polar surface area (TPSA) is 70.2 Å². The van der Waals surface area contributed by atoms with Gasteiger partial charge in [0.15, 0.2) is 0 Å². The quantitative estimate of drug-likeness (QED) is 0.540. The minimum absolute atomic E-state index is 0.00287. The van der Waals surface area contributed by atoms with Crippen LogP contribution in [0, 0.1) is 10.1 Å². The van der Waals surface area contributed by atoms with Crippen LogP contribution in [0.5, 0.6) is 0 Å². The number of nitrogens with zero attached hydrogens (tertiary/aromatic N) is 3. The van der Waals surface area contributed by atoms with E-state index in [9.17, 15) is 10.1 Å². The fourth-order valence-corrected chi connectivity index (χ4v) is 0.988. The molecular formula is C8H13N3O3. The monoisotopic (exact) mass is 199 g/mol. The van der Waals surface area contributed by atoms with Crippen molar-refractivity contribution in [1.29, 1.82) is 0 Å². The first-order chi connectivity index (χ1) is 6.44. The number of methoxy groups -OCH3 is 1. The summed E-state index contributed by atoms with van der Waals surface area (Å²) in [5.41, 5.74) is -0.378. The molecule has 0 fully saturated rings. The Morgan fingerprint density at radius 3 is 2.79 bits per heavy atom. The van der Waals surface area contributed by atoms with Crippen LogP contribution in [0.1, 0.15) is 13.8 Å². The highest BCUT2D eigenvalue weighted by molar-refractivity contribution is 5.20. The molecule has 0 aliphatic rings. The molecule has 0 spiro atoms. The lowest BCUT2D eigenvalue weighted by molar-refractivity contribution is -0.385. The van der Waals surface area contributed by atoms with E-state index < -0.39 is 4.92 Å². The number of hydrogen-bond acceptors (Lipinski definition) is 4. The fraction of sp³-hybridized carbons (Fsp3) is 0.625. The molecular weight excluding hydrogens is 186 g/mol. The third kappa shape index (κ3) is 2.53. The maximum absolute atomic E-state index is 10.4. The van der Waals surface area contributed by atoms with Crippen LogP contribution in [0.25, 0.3) is 0 Å². The second kappa shape index (κ2) is 3.75. The number of aromatic nitrogens is 2. The summed E-state index contributed by atoms with van der Waals surface area (Å²) >= 11 is 0. The molecule has 0 atom stereocenters. The van der Waals surface area contributed by atoms with Gasteiger partial charge in [0.1, 0.15) is 12.4 Å². The van der Waals surface area contributed by atoms with Crippen molar-refractivity contribution in [3.63, 3.8) is 0 Å². The van der Waals surface area contributed by atoms with Gasteiger partial charge in [-0.3, -0.25) is 14.8 Å². The Labute approximate surface area is 81.6 Å². The molecule has 14 heavy (non-hydrogen) atoms. The molecule has 6 nitrogen and oxygen atoms in total. The Bertz CT molecular complexity index is 332. The van der Waals surface area contributed by atoms with Crippen LogP contribution in [-0.2, 0) is 11.3 Å². The Morgan fingerprint density at radius 2 is 2.36 bits per heavy atom. The molecule has 1 aromatic rings. The molecule has 0 N–H and O–H groups in total. The Hall–Kier alpha value is -1.43. The van der Waals surface area contributed by atoms with E-state index in [0.717, 1.165) is 0 Å². The smallest absolute Gasteiger partial charge is 0.306 e. The molecule has 0 aliphatic carbocycles. The molecule has 1 aromatic heterocycles. The molecule has 0 aromatic carbocycles. The van der Waals surface area contributed by atoms with E-state index in [1.807, 2.05) is 13.8 Å². The molecule has 0 unspecified atom stereocenters. The Morgan fingerprint density at radius 1 is 1.71 bits per heavy atom. The largest absolute Gasteiger partial charge is 0.377 e. The van der Waals surface area contributed by atoms with Gasteiger partial charge in [-0.1, -0.05) is 0 Å². The van der Waals surface area contributed by atoms with Crippen LogP contribution in [-0.4, -0.2) is 27.4 Å². The number of rotatable bonds is 4. The third-order valence-electron chi connectivity index (χ3n) is 1.93. The highest BCUT2D eigenvalue weighted by Gasteiger charge is 2.19. The number of nitro groups is 1. The average Bonchev–Trinajstić information content (AvgIpc) is 2.52. The van der Waals surface area contributed by atoms with Gasteiger partial charge in [0.2, 0.25) is 0 Å². The summed E-state index contributed by atoms with van der Waals surface area (Å²) in [5.74, 6) is 0. The van der Waals surface area contributed by atoms with E-state index in [2.05, 4.69) is 5.10 Å². The summed E-state index contributed by atoms with van der Waals surface area (Å²) in [5, 5.41) is 14.2. The normalized spacial score (nSPS) is 11.6. The van der Waals surface area contributed by atoms with Crippen LogP contribution in [0.3, 0.4) is 0 Å². The maximum Gasteiger partial charge on any atom is 0.306 e. The first-order valence-corrected chi connectivity index (χ1v) is 4.16.